The van der Waals surface area contributed by atoms with Crippen LogP contribution in [-0.2, 0) is 4.74 Å². The summed E-state index contributed by atoms with van der Waals surface area (Å²) in [6, 6.07) is 6.88. The van der Waals surface area contributed by atoms with Crippen LogP contribution in [0.4, 0.5) is 0 Å². The number of hydrogen-bond acceptors (Lipinski definition) is 6. The molecular formula is C24H41N5O3. The number of ether oxygens (including phenoxy) is 3. The van der Waals surface area contributed by atoms with E-state index in [-0.39, 0.29) is 6.04 Å². The lowest BCUT2D eigenvalue weighted by Gasteiger charge is -2.35. The molecule has 3 rings (SSSR count). The molecule has 0 spiro atoms. The van der Waals surface area contributed by atoms with Crippen molar-refractivity contribution in [2.45, 2.75) is 31.8 Å². The first-order valence-electron chi connectivity index (χ1n) is 11.8. The Morgan fingerprint density at radius 2 is 1.88 bits per heavy atom. The number of rotatable bonds is 11. The molecule has 1 aromatic carbocycles. The number of methoxy groups -OCH3 is 2. The topological polar surface area (TPSA) is 70.6 Å². The number of hydrogen-bond donors (Lipinski definition) is 2. The standard InChI is InChI=1S/C24H41N5O3/c1-6-25-24(26-16-20(28(2)3)18-7-8-18)27-17-21(29-11-13-32-14-12-29)19-9-10-22(30-4)23(15-19)31-5/h9-10,15,18,20-21H,6-8,11-14,16-17H2,1-5H3,(H2,25,26,27). The SMILES string of the molecule is CCNC(=NCC(C1CC1)N(C)C)NCC(c1ccc(OC)c(OC)c1)N1CCOCC1. The first-order valence-corrected chi connectivity index (χ1v) is 11.8. The fraction of sp³-hybridized carbons (Fsp3) is 0.708. The van der Waals surface area contributed by atoms with E-state index in [0.717, 1.165) is 69.3 Å². The summed E-state index contributed by atoms with van der Waals surface area (Å²) >= 11 is 0. The molecule has 2 fully saturated rings. The van der Waals surface area contributed by atoms with Gasteiger partial charge in [0.2, 0.25) is 0 Å². The smallest absolute Gasteiger partial charge is 0.191 e. The van der Waals surface area contributed by atoms with Crippen LogP contribution in [0.1, 0.15) is 31.4 Å². The Morgan fingerprint density at radius 3 is 2.47 bits per heavy atom. The van der Waals surface area contributed by atoms with Crippen LogP contribution in [0, 0.1) is 5.92 Å². The van der Waals surface area contributed by atoms with Crippen LogP contribution >= 0.6 is 0 Å². The average Bonchev–Trinajstić information content (AvgIpc) is 3.64. The zero-order chi connectivity index (χ0) is 22.9. The zero-order valence-electron chi connectivity index (χ0n) is 20.4. The van der Waals surface area contributed by atoms with Gasteiger partial charge in [-0.15, -0.1) is 0 Å². The first-order chi connectivity index (χ1) is 15.6. The van der Waals surface area contributed by atoms with Crippen LogP contribution in [0.15, 0.2) is 23.2 Å². The molecule has 2 atom stereocenters. The van der Waals surface area contributed by atoms with E-state index in [2.05, 4.69) is 53.6 Å². The molecule has 1 saturated carbocycles. The summed E-state index contributed by atoms with van der Waals surface area (Å²) in [5.41, 5.74) is 1.19. The van der Waals surface area contributed by atoms with Crippen LogP contribution in [0.5, 0.6) is 11.5 Å². The van der Waals surface area contributed by atoms with Gasteiger partial charge < -0.3 is 29.7 Å². The van der Waals surface area contributed by atoms with Gasteiger partial charge in [-0.3, -0.25) is 9.89 Å². The summed E-state index contributed by atoms with van der Waals surface area (Å²) in [5.74, 6) is 3.15. The maximum absolute atomic E-state index is 5.60. The monoisotopic (exact) mass is 447 g/mol. The Hall–Kier alpha value is -2.03. The molecule has 1 heterocycles. The second-order valence-corrected chi connectivity index (χ2v) is 8.75. The van der Waals surface area contributed by atoms with Crippen LogP contribution in [0.2, 0.25) is 0 Å². The van der Waals surface area contributed by atoms with Gasteiger partial charge in [-0.25, -0.2) is 0 Å². The third kappa shape index (κ3) is 6.73. The molecule has 1 aromatic rings. The van der Waals surface area contributed by atoms with Crippen LogP contribution < -0.4 is 20.1 Å². The first kappa shape index (κ1) is 24.6. The molecular weight excluding hydrogens is 406 g/mol. The molecule has 0 radical (unpaired) electrons. The molecule has 0 bridgehead atoms. The Balaban J connectivity index is 1.74. The second-order valence-electron chi connectivity index (χ2n) is 8.75. The molecule has 180 valence electrons. The average molecular weight is 448 g/mol. The largest absolute Gasteiger partial charge is 0.493 e. The van der Waals surface area contributed by atoms with Gasteiger partial charge in [-0.05, 0) is 57.5 Å². The lowest BCUT2D eigenvalue weighted by Crippen LogP contribution is -2.46. The van der Waals surface area contributed by atoms with Gasteiger partial charge in [-0.2, -0.15) is 0 Å². The summed E-state index contributed by atoms with van der Waals surface area (Å²) in [7, 11) is 7.66. The Kier molecular flexibility index (Phi) is 9.44. The summed E-state index contributed by atoms with van der Waals surface area (Å²) in [6.07, 6.45) is 2.64. The van der Waals surface area contributed by atoms with Crippen molar-refractivity contribution in [3.8, 4) is 11.5 Å². The highest BCUT2D eigenvalue weighted by Crippen LogP contribution is 2.35. The predicted octanol–water partition coefficient (Wildman–Crippen LogP) is 1.97. The van der Waals surface area contributed by atoms with Gasteiger partial charge in [0, 0.05) is 32.2 Å². The Morgan fingerprint density at radius 1 is 1.16 bits per heavy atom. The number of guanidine groups is 1. The van der Waals surface area contributed by atoms with Gasteiger partial charge >= 0.3 is 0 Å². The fourth-order valence-electron chi connectivity index (χ4n) is 4.34. The van der Waals surface area contributed by atoms with Crippen molar-refractivity contribution in [2.24, 2.45) is 10.9 Å². The van der Waals surface area contributed by atoms with E-state index in [1.807, 2.05) is 6.07 Å². The van der Waals surface area contributed by atoms with E-state index >= 15 is 0 Å². The molecule has 8 nitrogen and oxygen atoms in total. The van der Waals surface area contributed by atoms with E-state index in [1.54, 1.807) is 14.2 Å². The molecule has 0 aromatic heterocycles. The Bertz CT molecular complexity index is 730. The van der Waals surface area contributed by atoms with Gasteiger partial charge in [0.15, 0.2) is 17.5 Å². The van der Waals surface area contributed by atoms with Gasteiger partial charge in [0.1, 0.15) is 0 Å². The van der Waals surface area contributed by atoms with Crippen LogP contribution in [-0.4, -0.2) is 96.1 Å². The summed E-state index contributed by atoms with van der Waals surface area (Å²) in [4.78, 5) is 9.71. The molecule has 2 unspecified atom stereocenters. The van der Waals surface area contributed by atoms with Crippen molar-refractivity contribution in [1.82, 2.24) is 20.4 Å². The Labute approximate surface area is 193 Å². The summed E-state index contributed by atoms with van der Waals surface area (Å²) in [6.45, 7) is 7.81. The fourth-order valence-corrected chi connectivity index (χ4v) is 4.34. The molecule has 1 saturated heterocycles. The minimum atomic E-state index is 0.177. The van der Waals surface area contributed by atoms with Crippen LogP contribution in [0.3, 0.4) is 0 Å². The third-order valence-electron chi connectivity index (χ3n) is 6.35. The molecule has 0 amide bonds. The number of nitrogens with one attached hydrogen (secondary N) is 2. The maximum Gasteiger partial charge on any atom is 0.191 e. The van der Waals surface area contributed by atoms with E-state index in [1.165, 1.54) is 18.4 Å². The number of morpholine rings is 1. The lowest BCUT2D eigenvalue weighted by molar-refractivity contribution is 0.0169. The third-order valence-corrected chi connectivity index (χ3v) is 6.35. The summed E-state index contributed by atoms with van der Waals surface area (Å²) in [5, 5.41) is 7.02. The molecule has 1 aliphatic heterocycles. The van der Waals surface area contributed by atoms with Crippen molar-refractivity contribution in [1.29, 1.82) is 0 Å². The number of benzene rings is 1. The van der Waals surface area contributed by atoms with Crippen molar-refractivity contribution >= 4 is 5.96 Å². The zero-order valence-corrected chi connectivity index (χ0v) is 20.4. The summed E-state index contributed by atoms with van der Waals surface area (Å²) < 4.78 is 16.6. The predicted molar refractivity (Wildman–Crippen MR) is 129 cm³/mol. The van der Waals surface area contributed by atoms with E-state index in [0.29, 0.717) is 6.04 Å². The number of aliphatic imine (C=N–C) groups is 1. The minimum absolute atomic E-state index is 0.177. The van der Waals surface area contributed by atoms with Crippen molar-refractivity contribution in [3.05, 3.63) is 23.8 Å². The molecule has 2 aliphatic rings. The van der Waals surface area contributed by atoms with E-state index in [4.69, 9.17) is 19.2 Å². The van der Waals surface area contributed by atoms with Crippen molar-refractivity contribution in [2.75, 3.05) is 74.3 Å². The molecule has 8 heteroatoms. The molecule has 2 N–H and O–H groups in total. The molecule has 1 aliphatic carbocycles. The highest BCUT2D eigenvalue weighted by Gasteiger charge is 2.32. The second kappa shape index (κ2) is 12.3. The van der Waals surface area contributed by atoms with Crippen LogP contribution in [0.25, 0.3) is 0 Å². The normalized spacial score (nSPS) is 19.5. The van der Waals surface area contributed by atoms with Crippen molar-refractivity contribution in [3.63, 3.8) is 0 Å². The highest BCUT2D eigenvalue weighted by atomic mass is 16.5. The van der Waals surface area contributed by atoms with Gasteiger partial charge in [0.25, 0.3) is 0 Å². The maximum atomic E-state index is 5.60. The highest BCUT2D eigenvalue weighted by molar-refractivity contribution is 5.79. The minimum Gasteiger partial charge on any atom is -0.493 e. The van der Waals surface area contributed by atoms with Gasteiger partial charge in [-0.1, -0.05) is 6.07 Å². The van der Waals surface area contributed by atoms with Crippen molar-refractivity contribution < 1.29 is 14.2 Å². The van der Waals surface area contributed by atoms with E-state index in [9.17, 15) is 0 Å². The quantitative estimate of drug-likeness (QED) is 0.397. The van der Waals surface area contributed by atoms with E-state index < -0.39 is 0 Å². The van der Waals surface area contributed by atoms with Gasteiger partial charge in [0.05, 0.1) is 40.0 Å². The lowest BCUT2D eigenvalue weighted by atomic mass is 10.0. The number of nitrogens with zero attached hydrogens (tertiary/aromatic N) is 3. The molecule has 32 heavy (non-hydrogen) atoms. The number of likely N-dealkylation sites (N-methyl/N-ethyl adjacent to an activating group) is 1.